The topological polar surface area (TPSA) is 177 Å². The van der Waals surface area contributed by atoms with Crippen LogP contribution in [-0.4, -0.2) is 59.5 Å². The van der Waals surface area contributed by atoms with Gasteiger partial charge in [-0.1, -0.05) is 27.7 Å². The number of nitrogens with two attached hydrogens (primary N) is 2. The first-order chi connectivity index (χ1) is 13.4. The third kappa shape index (κ3) is 9.71. The van der Waals surface area contributed by atoms with Crippen LogP contribution in [0.5, 0.6) is 0 Å². The van der Waals surface area contributed by atoms with Gasteiger partial charge in [0.1, 0.15) is 18.1 Å². The van der Waals surface area contributed by atoms with E-state index >= 15 is 0 Å². The normalized spacial score (nSPS) is 15.3. The largest absolute Gasteiger partial charge is 0.480 e. The Labute approximate surface area is 172 Å². The molecule has 0 saturated heterocycles. The molecule has 10 heteroatoms. The first kappa shape index (κ1) is 26.8. The van der Waals surface area contributed by atoms with E-state index in [1.807, 2.05) is 0 Å². The van der Waals surface area contributed by atoms with Gasteiger partial charge in [0.2, 0.25) is 17.7 Å². The molecule has 0 aromatic rings. The molecule has 0 aromatic heterocycles. The molecule has 10 nitrogen and oxygen atoms in total. The summed E-state index contributed by atoms with van der Waals surface area (Å²) in [5.41, 5.74) is 11.2. The van der Waals surface area contributed by atoms with Gasteiger partial charge in [0.15, 0.2) is 0 Å². The van der Waals surface area contributed by atoms with Gasteiger partial charge in [0.05, 0.1) is 6.04 Å². The lowest BCUT2D eigenvalue weighted by Gasteiger charge is -2.26. The third-order valence-electron chi connectivity index (χ3n) is 4.58. The molecule has 29 heavy (non-hydrogen) atoms. The van der Waals surface area contributed by atoms with Crippen LogP contribution in [0.25, 0.3) is 0 Å². The fourth-order valence-corrected chi connectivity index (χ4v) is 2.50. The quantitative estimate of drug-likeness (QED) is 0.216. The van der Waals surface area contributed by atoms with Gasteiger partial charge in [-0.15, -0.1) is 0 Å². The number of hydrogen-bond acceptors (Lipinski definition) is 6. The molecule has 168 valence electrons. The van der Waals surface area contributed by atoms with E-state index < -0.39 is 47.9 Å². The molecule has 4 atom stereocenters. The van der Waals surface area contributed by atoms with Gasteiger partial charge in [0, 0.05) is 0 Å². The minimum atomic E-state index is -1.15. The predicted octanol–water partition coefficient (Wildman–Crippen LogP) is -0.686. The molecule has 0 rings (SSSR count). The highest BCUT2D eigenvalue weighted by atomic mass is 16.4. The molecule has 8 N–H and O–H groups in total. The highest BCUT2D eigenvalue weighted by Gasteiger charge is 2.30. The predicted molar refractivity (Wildman–Crippen MR) is 110 cm³/mol. The second-order valence-electron chi connectivity index (χ2n) is 7.91. The van der Waals surface area contributed by atoms with Crippen molar-refractivity contribution in [2.24, 2.45) is 23.3 Å². The average Bonchev–Trinajstić information content (AvgIpc) is 2.63. The zero-order valence-electron chi connectivity index (χ0n) is 18.0. The van der Waals surface area contributed by atoms with Crippen molar-refractivity contribution < 1.29 is 24.3 Å². The Hall–Kier alpha value is -2.20. The molecule has 4 unspecified atom stereocenters. The summed E-state index contributed by atoms with van der Waals surface area (Å²) in [6.45, 7) is 8.97. The average molecular weight is 416 g/mol. The lowest BCUT2D eigenvalue weighted by Crippen LogP contribution is -2.58. The minimum absolute atomic E-state index is 0.0910. The van der Waals surface area contributed by atoms with Gasteiger partial charge in [-0.3, -0.25) is 14.4 Å². The van der Waals surface area contributed by atoms with Crippen LogP contribution in [0.3, 0.4) is 0 Å². The number of nitrogens with one attached hydrogen (secondary N) is 3. The molecule has 0 aromatic carbocycles. The van der Waals surface area contributed by atoms with E-state index in [-0.39, 0.29) is 18.3 Å². The van der Waals surface area contributed by atoms with Crippen molar-refractivity contribution in [1.29, 1.82) is 0 Å². The van der Waals surface area contributed by atoms with Gasteiger partial charge >= 0.3 is 5.97 Å². The number of unbranched alkanes of at least 4 members (excludes halogenated alkanes) is 1. The van der Waals surface area contributed by atoms with Crippen molar-refractivity contribution in [3.8, 4) is 0 Å². The second kappa shape index (κ2) is 13.1. The molecule has 0 bridgehead atoms. The van der Waals surface area contributed by atoms with Crippen LogP contribution in [0.2, 0.25) is 0 Å². The summed E-state index contributed by atoms with van der Waals surface area (Å²) < 4.78 is 0. The van der Waals surface area contributed by atoms with Crippen molar-refractivity contribution in [3.05, 3.63) is 0 Å². The Morgan fingerprint density at radius 2 is 1.41 bits per heavy atom. The molecule has 0 spiro atoms. The zero-order chi connectivity index (χ0) is 22.7. The Morgan fingerprint density at radius 1 is 0.828 bits per heavy atom. The van der Waals surface area contributed by atoms with E-state index in [1.54, 1.807) is 27.7 Å². The van der Waals surface area contributed by atoms with Crippen molar-refractivity contribution in [1.82, 2.24) is 16.0 Å². The number of carboxylic acid groups (broad SMARTS) is 1. The molecule has 3 amide bonds. The van der Waals surface area contributed by atoms with Gasteiger partial charge in [0.25, 0.3) is 0 Å². The number of aliphatic carboxylic acids is 1. The second-order valence-corrected chi connectivity index (χ2v) is 7.91. The summed E-state index contributed by atoms with van der Waals surface area (Å²) >= 11 is 0. The summed E-state index contributed by atoms with van der Waals surface area (Å²) in [6.07, 6.45) is 1.46. The van der Waals surface area contributed by atoms with Crippen molar-refractivity contribution >= 4 is 23.7 Å². The maximum Gasteiger partial charge on any atom is 0.326 e. The van der Waals surface area contributed by atoms with Gasteiger partial charge in [-0.05, 0) is 44.6 Å². The maximum absolute atomic E-state index is 12.6. The highest BCUT2D eigenvalue weighted by molar-refractivity contribution is 5.94. The molecule has 0 aliphatic carbocycles. The van der Waals surface area contributed by atoms with E-state index in [0.29, 0.717) is 19.4 Å². The number of carboxylic acids is 1. The first-order valence-electron chi connectivity index (χ1n) is 10.0. The number of hydrogen-bond donors (Lipinski definition) is 6. The smallest absolute Gasteiger partial charge is 0.326 e. The number of rotatable bonds is 13. The standard InChI is InChI=1S/C19H37N5O5/c1-10(2)14(21)17(26)22-12(5)16(25)24-15(11(3)4)18(27)23-13(19(28)29)8-6-7-9-20/h10-15H,6-9,20-21H2,1-5H3,(H,22,26)(H,23,27)(H,24,25)(H,28,29). The van der Waals surface area contributed by atoms with Crippen molar-refractivity contribution in [2.45, 2.75) is 78.0 Å². The Kier molecular flexibility index (Phi) is 12.1. The minimum Gasteiger partial charge on any atom is -0.480 e. The van der Waals surface area contributed by atoms with Crippen molar-refractivity contribution in [2.75, 3.05) is 6.54 Å². The zero-order valence-corrected chi connectivity index (χ0v) is 18.0. The van der Waals surface area contributed by atoms with E-state index in [1.165, 1.54) is 6.92 Å². The summed E-state index contributed by atoms with van der Waals surface area (Å²) in [6, 6.07) is -3.66. The number of carbonyl (C=O) groups is 4. The maximum atomic E-state index is 12.6. The lowest BCUT2D eigenvalue weighted by molar-refractivity contribution is -0.142. The van der Waals surface area contributed by atoms with E-state index in [9.17, 15) is 24.3 Å². The van der Waals surface area contributed by atoms with E-state index in [2.05, 4.69) is 16.0 Å². The van der Waals surface area contributed by atoms with Crippen LogP contribution >= 0.6 is 0 Å². The third-order valence-corrected chi connectivity index (χ3v) is 4.58. The van der Waals surface area contributed by atoms with Gasteiger partial charge < -0.3 is 32.5 Å². The van der Waals surface area contributed by atoms with Crippen LogP contribution in [0, 0.1) is 11.8 Å². The lowest BCUT2D eigenvalue weighted by atomic mass is 10.0. The Balaban J connectivity index is 4.98. The van der Waals surface area contributed by atoms with Gasteiger partial charge in [-0.25, -0.2) is 4.79 Å². The molecule has 0 fully saturated rings. The monoisotopic (exact) mass is 415 g/mol. The van der Waals surface area contributed by atoms with E-state index in [0.717, 1.165) is 0 Å². The first-order valence-corrected chi connectivity index (χ1v) is 10.0. The summed E-state index contributed by atoms with van der Waals surface area (Å²) in [4.78, 5) is 48.5. The molecule has 0 heterocycles. The SMILES string of the molecule is CC(NC(=O)C(N)C(C)C)C(=O)NC(C(=O)NC(CCCCN)C(=O)O)C(C)C. The van der Waals surface area contributed by atoms with Crippen LogP contribution in [-0.2, 0) is 19.2 Å². The fourth-order valence-electron chi connectivity index (χ4n) is 2.50. The van der Waals surface area contributed by atoms with Crippen LogP contribution in [0.4, 0.5) is 0 Å². The summed E-state index contributed by atoms with van der Waals surface area (Å²) in [7, 11) is 0. The van der Waals surface area contributed by atoms with Crippen LogP contribution in [0.1, 0.15) is 53.9 Å². The molecule has 0 aliphatic rings. The summed E-state index contributed by atoms with van der Waals surface area (Å²) in [5.74, 6) is -3.14. The molecule has 0 radical (unpaired) electrons. The Morgan fingerprint density at radius 3 is 1.86 bits per heavy atom. The number of amides is 3. The van der Waals surface area contributed by atoms with Crippen molar-refractivity contribution in [3.63, 3.8) is 0 Å². The highest BCUT2D eigenvalue weighted by Crippen LogP contribution is 2.06. The van der Waals surface area contributed by atoms with E-state index in [4.69, 9.17) is 11.5 Å². The molecular weight excluding hydrogens is 378 g/mol. The molecule has 0 saturated carbocycles. The number of carbonyl (C=O) groups excluding carboxylic acids is 3. The van der Waals surface area contributed by atoms with Crippen LogP contribution < -0.4 is 27.4 Å². The molecule has 0 aliphatic heterocycles. The summed E-state index contributed by atoms with van der Waals surface area (Å²) in [5, 5.41) is 16.9. The van der Waals surface area contributed by atoms with Crippen LogP contribution in [0.15, 0.2) is 0 Å². The molecular formula is C19H37N5O5. The fraction of sp³-hybridized carbons (Fsp3) is 0.789. The van der Waals surface area contributed by atoms with Gasteiger partial charge in [-0.2, -0.15) is 0 Å². The Bertz CT molecular complexity index is 567.